The van der Waals surface area contributed by atoms with E-state index in [1.54, 1.807) is 4.57 Å². The number of aromatic hydroxyl groups is 2. The normalized spacial score (nSPS) is 11.1. The fourth-order valence-corrected chi connectivity index (χ4v) is 3.56. The quantitative estimate of drug-likeness (QED) is 0.303. The number of hydrogen-bond acceptors (Lipinski definition) is 3. The standard InChI is InChI=1S/C23H41NO3/c1-2-3-4-5-6-7-8-9-10-11-12-13-14-15-16-17-18-24-20-22(26)21(25)19-23(24)27/h19-20,26-27H,2-18H2,1H3. The Balaban J connectivity index is 1.86. The minimum absolute atomic E-state index is 0.0706. The summed E-state index contributed by atoms with van der Waals surface area (Å²) in [7, 11) is 0. The predicted molar refractivity (Wildman–Crippen MR) is 114 cm³/mol. The molecular weight excluding hydrogens is 338 g/mol. The van der Waals surface area contributed by atoms with Crippen molar-refractivity contribution >= 4 is 0 Å². The van der Waals surface area contributed by atoms with Crippen molar-refractivity contribution in [2.75, 3.05) is 0 Å². The van der Waals surface area contributed by atoms with Crippen LogP contribution in [0.2, 0.25) is 0 Å². The Morgan fingerprint density at radius 2 is 1.11 bits per heavy atom. The molecule has 1 heterocycles. The number of unbranched alkanes of at least 4 members (excludes halogenated alkanes) is 15. The monoisotopic (exact) mass is 379 g/mol. The van der Waals surface area contributed by atoms with Crippen LogP contribution in [0.25, 0.3) is 0 Å². The number of aromatic nitrogens is 1. The molecule has 1 rings (SSSR count). The van der Waals surface area contributed by atoms with Crippen LogP contribution in [-0.2, 0) is 6.54 Å². The zero-order valence-corrected chi connectivity index (χ0v) is 17.4. The van der Waals surface area contributed by atoms with Gasteiger partial charge < -0.3 is 14.8 Å². The zero-order chi connectivity index (χ0) is 19.7. The highest BCUT2D eigenvalue weighted by atomic mass is 16.3. The largest absolute Gasteiger partial charge is 0.503 e. The van der Waals surface area contributed by atoms with Crippen molar-refractivity contribution in [3.05, 3.63) is 22.5 Å². The summed E-state index contributed by atoms with van der Waals surface area (Å²) < 4.78 is 1.54. The molecule has 156 valence electrons. The van der Waals surface area contributed by atoms with Crippen molar-refractivity contribution in [3.63, 3.8) is 0 Å². The number of rotatable bonds is 17. The summed E-state index contributed by atoms with van der Waals surface area (Å²) in [4.78, 5) is 11.2. The van der Waals surface area contributed by atoms with E-state index in [-0.39, 0.29) is 11.6 Å². The smallest absolute Gasteiger partial charge is 0.226 e. The Hall–Kier alpha value is -1.45. The molecule has 0 aliphatic heterocycles. The summed E-state index contributed by atoms with van der Waals surface area (Å²) in [5, 5.41) is 19.1. The molecule has 0 fully saturated rings. The molecule has 1 aromatic heterocycles. The molecule has 0 aliphatic carbocycles. The first-order chi connectivity index (χ1) is 13.1. The lowest BCUT2D eigenvalue weighted by molar-refractivity contribution is 0.390. The summed E-state index contributed by atoms with van der Waals surface area (Å²) in [5.41, 5.74) is -0.532. The third kappa shape index (κ3) is 11.8. The molecule has 0 spiro atoms. The van der Waals surface area contributed by atoms with Crippen molar-refractivity contribution in [2.45, 2.75) is 116 Å². The minimum atomic E-state index is -0.532. The third-order valence-corrected chi connectivity index (χ3v) is 5.34. The predicted octanol–water partition coefficient (Wildman–Crippen LogP) is 6.52. The van der Waals surface area contributed by atoms with Crippen LogP contribution >= 0.6 is 0 Å². The van der Waals surface area contributed by atoms with Gasteiger partial charge in [-0.25, -0.2) is 0 Å². The maximum Gasteiger partial charge on any atom is 0.226 e. The summed E-state index contributed by atoms with van der Waals surface area (Å²) >= 11 is 0. The Morgan fingerprint density at radius 1 is 0.704 bits per heavy atom. The number of aryl methyl sites for hydroxylation is 1. The lowest BCUT2D eigenvalue weighted by atomic mass is 10.0. The van der Waals surface area contributed by atoms with Gasteiger partial charge in [0.05, 0.1) is 6.20 Å². The third-order valence-electron chi connectivity index (χ3n) is 5.34. The van der Waals surface area contributed by atoms with Gasteiger partial charge in [-0.3, -0.25) is 4.79 Å². The SMILES string of the molecule is CCCCCCCCCCCCCCCCCCn1cc(O)c(=O)cc1O. The van der Waals surface area contributed by atoms with Gasteiger partial charge in [-0.05, 0) is 6.42 Å². The van der Waals surface area contributed by atoms with Crippen LogP contribution in [0, 0.1) is 0 Å². The van der Waals surface area contributed by atoms with E-state index in [0.717, 1.165) is 18.9 Å². The highest BCUT2D eigenvalue weighted by Crippen LogP contribution is 2.15. The topological polar surface area (TPSA) is 62.5 Å². The number of nitrogens with zero attached hydrogens (tertiary/aromatic N) is 1. The number of pyridine rings is 1. The Bertz CT molecular complexity index is 539. The molecule has 1 aromatic rings. The lowest BCUT2D eigenvalue weighted by Gasteiger charge is -2.09. The zero-order valence-electron chi connectivity index (χ0n) is 17.4. The van der Waals surface area contributed by atoms with Crippen molar-refractivity contribution in [3.8, 4) is 11.6 Å². The number of hydrogen-bond donors (Lipinski definition) is 2. The summed E-state index contributed by atoms with van der Waals surface area (Å²) in [6, 6.07) is 1.07. The first kappa shape index (κ1) is 23.6. The Kier molecular flexibility index (Phi) is 13.6. The van der Waals surface area contributed by atoms with Crippen molar-refractivity contribution < 1.29 is 10.2 Å². The van der Waals surface area contributed by atoms with E-state index in [1.165, 1.54) is 96.1 Å². The van der Waals surface area contributed by atoms with Gasteiger partial charge in [-0.2, -0.15) is 0 Å². The van der Waals surface area contributed by atoms with Crippen LogP contribution in [-0.4, -0.2) is 14.8 Å². The van der Waals surface area contributed by atoms with Crippen molar-refractivity contribution in [2.24, 2.45) is 0 Å². The fourth-order valence-electron chi connectivity index (χ4n) is 3.56. The highest BCUT2D eigenvalue weighted by molar-refractivity contribution is 5.22. The second-order valence-corrected chi connectivity index (χ2v) is 7.88. The van der Waals surface area contributed by atoms with Gasteiger partial charge in [0, 0.05) is 12.6 Å². The molecule has 0 saturated carbocycles. The molecule has 2 N–H and O–H groups in total. The van der Waals surface area contributed by atoms with E-state index >= 15 is 0 Å². The molecule has 4 nitrogen and oxygen atoms in total. The average molecular weight is 380 g/mol. The molecule has 0 aliphatic rings. The maximum atomic E-state index is 11.2. The van der Waals surface area contributed by atoms with E-state index in [4.69, 9.17) is 0 Å². The molecule has 27 heavy (non-hydrogen) atoms. The van der Waals surface area contributed by atoms with E-state index in [2.05, 4.69) is 6.92 Å². The van der Waals surface area contributed by atoms with E-state index in [9.17, 15) is 15.0 Å². The van der Waals surface area contributed by atoms with Crippen LogP contribution < -0.4 is 5.43 Å². The van der Waals surface area contributed by atoms with Gasteiger partial charge in [0.15, 0.2) is 11.6 Å². The maximum absolute atomic E-state index is 11.2. The summed E-state index contributed by atoms with van der Waals surface area (Å²) in [6.45, 7) is 2.91. The minimum Gasteiger partial charge on any atom is -0.503 e. The van der Waals surface area contributed by atoms with E-state index in [0.29, 0.717) is 6.54 Å². The van der Waals surface area contributed by atoms with Crippen molar-refractivity contribution in [1.82, 2.24) is 4.57 Å². The molecule has 0 atom stereocenters. The van der Waals surface area contributed by atoms with Crippen LogP contribution in [0.1, 0.15) is 110 Å². The molecule has 0 radical (unpaired) electrons. The van der Waals surface area contributed by atoms with E-state index < -0.39 is 5.43 Å². The molecule has 4 heteroatoms. The molecule has 0 amide bonds. The van der Waals surface area contributed by atoms with Crippen LogP contribution in [0.5, 0.6) is 11.6 Å². The van der Waals surface area contributed by atoms with Gasteiger partial charge in [-0.1, -0.05) is 103 Å². The highest BCUT2D eigenvalue weighted by Gasteiger charge is 2.03. The molecule has 0 bridgehead atoms. The Morgan fingerprint density at radius 3 is 1.56 bits per heavy atom. The fraction of sp³-hybridized carbons (Fsp3) is 0.783. The molecular formula is C23H41NO3. The van der Waals surface area contributed by atoms with Gasteiger partial charge in [-0.15, -0.1) is 0 Å². The van der Waals surface area contributed by atoms with Crippen LogP contribution in [0.3, 0.4) is 0 Å². The Labute approximate surface area is 165 Å². The second kappa shape index (κ2) is 15.6. The van der Waals surface area contributed by atoms with Crippen LogP contribution in [0.15, 0.2) is 17.1 Å². The van der Waals surface area contributed by atoms with Gasteiger partial charge in [0.25, 0.3) is 0 Å². The van der Waals surface area contributed by atoms with E-state index in [1.807, 2.05) is 0 Å². The second-order valence-electron chi connectivity index (χ2n) is 7.88. The summed E-state index contributed by atoms with van der Waals surface area (Å²) in [6.07, 6.45) is 22.6. The van der Waals surface area contributed by atoms with Gasteiger partial charge >= 0.3 is 0 Å². The first-order valence-corrected chi connectivity index (χ1v) is 11.3. The first-order valence-electron chi connectivity index (χ1n) is 11.3. The molecule has 0 aromatic carbocycles. The summed E-state index contributed by atoms with van der Waals surface area (Å²) in [5.74, 6) is -0.372. The average Bonchev–Trinajstić information content (AvgIpc) is 2.65. The molecule has 0 unspecified atom stereocenters. The van der Waals surface area contributed by atoms with Crippen molar-refractivity contribution in [1.29, 1.82) is 0 Å². The lowest BCUT2D eigenvalue weighted by Crippen LogP contribution is -2.06. The van der Waals surface area contributed by atoms with Crippen LogP contribution in [0.4, 0.5) is 0 Å². The van der Waals surface area contributed by atoms with Gasteiger partial charge in [0.2, 0.25) is 5.43 Å². The molecule has 0 saturated heterocycles. The van der Waals surface area contributed by atoms with Gasteiger partial charge in [0.1, 0.15) is 0 Å².